The van der Waals surface area contributed by atoms with Gasteiger partial charge in [-0.25, -0.2) is 0 Å². The summed E-state index contributed by atoms with van der Waals surface area (Å²) >= 11 is 0. The van der Waals surface area contributed by atoms with Crippen LogP contribution < -0.4 is 5.32 Å². The molecule has 2 fully saturated rings. The molecule has 20 heavy (non-hydrogen) atoms. The number of nitrogens with zero attached hydrogens (tertiary/aromatic N) is 3. The van der Waals surface area contributed by atoms with Crippen LogP contribution in [0.4, 0.5) is 0 Å². The van der Waals surface area contributed by atoms with Gasteiger partial charge in [0.1, 0.15) is 0 Å². The molecule has 2 unspecified atom stereocenters. The molecule has 1 aromatic heterocycles. The van der Waals surface area contributed by atoms with Crippen molar-refractivity contribution in [2.75, 3.05) is 13.1 Å². The summed E-state index contributed by atoms with van der Waals surface area (Å²) in [5.74, 6) is 0.880. The van der Waals surface area contributed by atoms with Crippen molar-refractivity contribution in [3.63, 3.8) is 0 Å². The Labute approximate surface area is 122 Å². The molecule has 1 aliphatic heterocycles. The summed E-state index contributed by atoms with van der Waals surface area (Å²) in [6, 6.07) is 3.20. The lowest BCUT2D eigenvalue weighted by Gasteiger charge is -2.45. The summed E-state index contributed by atoms with van der Waals surface area (Å²) in [6.07, 6.45) is 4.90. The van der Waals surface area contributed by atoms with Gasteiger partial charge in [0.15, 0.2) is 0 Å². The Morgan fingerprint density at radius 2 is 2.20 bits per heavy atom. The second kappa shape index (κ2) is 5.15. The van der Waals surface area contributed by atoms with Crippen LogP contribution in [0, 0.1) is 5.92 Å². The minimum absolute atomic E-state index is 0.313. The molecule has 0 aromatic carbocycles. The second-order valence-electron chi connectivity index (χ2n) is 7.21. The highest BCUT2D eigenvalue weighted by Gasteiger charge is 2.45. The van der Waals surface area contributed by atoms with Gasteiger partial charge in [-0.3, -0.25) is 9.58 Å². The van der Waals surface area contributed by atoms with Gasteiger partial charge in [0, 0.05) is 43.5 Å². The van der Waals surface area contributed by atoms with E-state index in [-0.39, 0.29) is 0 Å². The van der Waals surface area contributed by atoms with E-state index in [1.807, 2.05) is 0 Å². The van der Waals surface area contributed by atoms with Gasteiger partial charge in [-0.05, 0) is 52.5 Å². The number of rotatable bonds is 4. The molecule has 4 heteroatoms. The third-order valence-corrected chi connectivity index (χ3v) is 4.99. The van der Waals surface area contributed by atoms with E-state index in [2.05, 4.69) is 54.9 Å². The largest absolute Gasteiger partial charge is 0.308 e. The number of aromatic nitrogens is 2. The van der Waals surface area contributed by atoms with E-state index in [4.69, 9.17) is 5.10 Å². The van der Waals surface area contributed by atoms with Crippen LogP contribution in [0.2, 0.25) is 0 Å². The molecule has 0 spiro atoms. The predicted molar refractivity (Wildman–Crippen MR) is 81.6 cm³/mol. The van der Waals surface area contributed by atoms with E-state index < -0.39 is 0 Å². The molecular formula is C16H28N4. The lowest BCUT2D eigenvalue weighted by Crippen LogP contribution is -2.62. The molecule has 4 nitrogen and oxygen atoms in total. The summed E-state index contributed by atoms with van der Waals surface area (Å²) in [5, 5.41) is 8.48. The summed E-state index contributed by atoms with van der Waals surface area (Å²) in [7, 11) is 0. The van der Waals surface area contributed by atoms with Crippen LogP contribution in [0.25, 0.3) is 0 Å². The minimum Gasteiger partial charge on any atom is -0.308 e. The second-order valence-corrected chi connectivity index (χ2v) is 7.21. The Morgan fingerprint density at radius 3 is 2.80 bits per heavy atom. The quantitative estimate of drug-likeness (QED) is 0.917. The number of hydrogen-bond acceptors (Lipinski definition) is 3. The molecule has 0 bridgehead atoms. The van der Waals surface area contributed by atoms with Crippen molar-refractivity contribution >= 4 is 0 Å². The van der Waals surface area contributed by atoms with Crippen LogP contribution in [0.5, 0.6) is 0 Å². The van der Waals surface area contributed by atoms with Gasteiger partial charge >= 0.3 is 0 Å². The van der Waals surface area contributed by atoms with Crippen LogP contribution in [-0.4, -0.2) is 39.4 Å². The average molecular weight is 276 g/mol. The van der Waals surface area contributed by atoms with Gasteiger partial charge < -0.3 is 5.32 Å². The smallest absolute Gasteiger partial charge is 0.0765 e. The highest BCUT2D eigenvalue weighted by atomic mass is 15.3. The molecule has 1 aromatic rings. The van der Waals surface area contributed by atoms with Gasteiger partial charge in [0.2, 0.25) is 0 Å². The van der Waals surface area contributed by atoms with Crippen molar-refractivity contribution in [3.8, 4) is 0 Å². The van der Waals surface area contributed by atoms with Crippen molar-refractivity contribution in [1.29, 1.82) is 0 Å². The zero-order valence-electron chi connectivity index (χ0n) is 13.3. The molecule has 1 saturated heterocycles. The van der Waals surface area contributed by atoms with Crippen LogP contribution >= 0.6 is 0 Å². The van der Waals surface area contributed by atoms with E-state index in [0.717, 1.165) is 25.6 Å². The maximum atomic E-state index is 4.70. The van der Waals surface area contributed by atoms with E-state index in [0.29, 0.717) is 17.6 Å². The third-order valence-electron chi connectivity index (χ3n) is 4.99. The molecule has 2 atom stereocenters. The molecule has 0 radical (unpaired) electrons. The molecule has 112 valence electrons. The van der Waals surface area contributed by atoms with Crippen LogP contribution in [0.3, 0.4) is 0 Å². The van der Waals surface area contributed by atoms with Crippen molar-refractivity contribution in [3.05, 3.63) is 18.0 Å². The van der Waals surface area contributed by atoms with Crippen molar-refractivity contribution < 1.29 is 0 Å². The maximum Gasteiger partial charge on any atom is 0.0765 e. The van der Waals surface area contributed by atoms with E-state index in [1.165, 1.54) is 18.5 Å². The van der Waals surface area contributed by atoms with Crippen LogP contribution in [0.15, 0.2) is 12.3 Å². The van der Waals surface area contributed by atoms with Gasteiger partial charge in [-0.1, -0.05) is 0 Å². The average Bonchev–Trinajstić information content (AvgIpc) is 3.15. The molecule has 2 heterocycles. The fourth-order valence-corrected chi connectivity index (χ4v) is 3.31. The summed E-state index contributed by atoms with van der Waals surface area (Å²) in [5.41, 5.74) is 1.51. The molecule has 2 aliphatic rings. The molecule has 1 N–H and O–H groups in total. The first-order valence-electron chi connectivity index (χ1n) is 8.01. The first kappa shape index (κ1) is 14.1. The highest BCUT2D eigenvalue weighted by Crippen LogP contribution is 2.41. The van der Waals surface area contributed by atoms with E-state index >= 15 is 0 Å². The lowest BCUT2D eigenvalue weighted by atomic mass is 9.91. The number of piperazine rings is 1. The summed E-state index contributed by atoms with van der Waals surface area (Å²) in [4.78, 5) is 2.60. The standard InChI is InChI=1S/C16H28N4/c1-12(2)20-8-7-15(18-20)10-19-11-16(4,14-5-6-14)17-9-13(19)3/h7-8,12-14,17H,5-6,9-11H2,1-4H3. The first-order valence-corrected chi connectivity index (χ1v) is 8.01. The van der Waals surface area contributed by atoms with Crippen LogP contribution in [0.1, 0.15) is 52.3 Å². The normalized spacial score (nSPS) is 31.9. The number of hydrogen-bond donors (Lipinski definition) is 1. The molecule has 1 saturated carbocycles. The Bertz CT molecular complexity index is 463. The Balaban J connectivity index is 1.67. The van der Waals surface area contributed by atoms with Crippen molar-refractivity contribution in [1.82, 2.24) is 20.0 Å². The van der Waals surface area contributed by atoms with Gasteiger partial charge in [0.25, 0.3) is 0 Å². The zero-order chi connectivity index (χ0) is 14.3. The number of nitrogens with one attached hydrogen (secondary N) is 1. The molecular weight excluding hydrogens is 248 g/mol. The monoisotopic (exact) mass is 276 g/mol. The minimum atomic E-state index is 0.313. The van der Waals surface area contributed by atoms with Crippen molar-refractivity contribution in [2.24, 2.45) is 5.92 Å². The predicted octanol–water partition coefficient (Wildman–Crippen LogP) is 2.43. The maximum absolute atomic E-state index is 4.70. The zero-order valence-corrected chi connectivity index (χ0v) is 13.3. The van der Waals surface area contributed by atoms with Gasteiger partial charge in [0.05, 0.1) is 5.69 Å². The fraction of sp³-hybridized carbons (Fsp3) is 0.812. The lowest BCUT2D eigenvalue weighted by molar-refractivity contribution is 0.0757. The van der Waals surface area contributed by atoms with Crippen molar-refractivity contribution in [2.45, 2.75) is 64.7 Å². The Kier molecular flexibility index (Phi) is 3.63. The van der Waals surface area contributed by atoms with Gasteiger partial charge in [-0.2, -0.15) is 5.10 Å². The first-order chi connectivity index (χ1) is 9.48. The molecule has 0 amide bonds. The molecule has 3 rings (SSSR count). The van der Waals surface area contributed by atoms with E-state index in [1.54, 1.807) is 0 Å². The SMILES string of the molecule is CC1CNC(C)(C2CC2)CN1Cc1ccn(C(C)C)n1. The highest BCUT2D eigenvalue weighted by molar-refractivity contribution is 5.06. The summed E-state index contributed by atoms with van der Waals surface area (Å²) in [6.45, 7) is 12.3. The van der Waals surface area contributed by atoms with E-state index in [9.17, 15) is 0 Å². The summed E-state index contributed by atoms with van der Waals surface area (Å²) < 4.78 is 2.06. The Morgan fingerprint density at radius 1 is 1.45 bits per heavy atom. The fourth-order valence-electron chi connectivity index (χ4n) is 3.31. The molecule has 1 aliphatic carbocycles. The topological polar surface area (TPSA) is 33.1 Å². The third kappa shape index (κ3) is 2.77. The van der Waals surface area contributed by atoms with Crippen LogP contribution in [-0.2, 0) is 6.54 Å². The van der Waals surface area contributed by atoms with Gasteiger partial charge in [-0.15, -0.1) is 0 Å². The Hall–Kier alpha value is -0.870.